The molecule has 1 saturated heterocycles. The number of rotatable bonds is 6. The largest absolute Gasteiger partial charge is 0.347 e. The third-order valence-corrected chi connectivity index (χ3v) is 4.18. The van der Waals surface area contributed by atoms with Gasteiger partial charge in [-0.05, 0) is 24.3 Å². The number of thiophene rings is 1. The number of carbonyl (C=O) groups is 3. The third kappa shape index (κ3) is 4.16. The van der Waals surface area contributed by atoms with Crippen LogP contribution in [0.15, 0.2) is 17.5 Å². The van der Waals surface area contributed by atoms with Gasteiger partial charge in [0, 0.05) is 25.9 Å². The smallest absolute Gasteiger partial charge is 0.241 e. The van der Waals surface area contributed by atoms with E-state index in [9.17, 15) is 14.4 Å². The number of hydrogen-bond acceptors (Lipinski definition) is 4. The van der Waals surface area contributed by atoms with Gasteiger partial charge in [0.15, 0.2) is 5.78 Å². The molecule has 5 nitrogen and oxygen atoms in total. The van der Waals surface area contributed by atoms with Crippen LogP contribution in [0.4, 0.5) is 0 Å². The first kappa shape index (κ1) is 14.7. The molecule has 0 atom stereocenters. The Morgan fingerprint density at radius 1 is 1.20 bits per heavy atom. The van der Waals surface area contributed by atoms with E-state index < -0.39 is 0 Å². The Morgan fingerprint density at radius 2 is 1.95 bits per heavy atom. The quantitative estimate of drug-likeness (QED) is 0.808. The summed E-state index contributed by atoms with van der Waals surface area (Å²) in [5.41, 5.74) is 0. The molecule has 0 aromatic carbocycles. The van der Waals surface area contributed by atoms with Crippen molar-refractivity contribution >= 4 is 28.9 Å². The third-order valence-electron chi connectivity index (χ3n) is 3.27. The van der Waals surface area contributed by atoms with Gasteiger partial charge in [0.05, 0.1) is 11.4 Å². The van der Waals surface area contributed by atoms with Crippen molar-refractivity contribution in [2.75, 3.05) is 19.6 Å². The summed E-state index contributed by atoms with van der Waals surface area (Å²) in [6.07, 6.45) is 2.39. The number of nitrogens with zero attached hydrogens (tertiary/aromatic N) is 1. The zero-order valence-corrected chi connectivity index (χ0v) is 12.1. The number of carbonyl (C=O) groups excluding carboxylic acids is 3. The highest BCUT2D eigenvalue weighted by Crippen LogP contribution is 2.12. The number of Topliss-reactive ketones (excluding diaryl/α,β-unsaturated/α-hetero) is 1. The molecule has 0 bridgehead atoms. The molecular weight excluding hydrogens is 276 g/mol. The summed E-state index contributed by atoms with van der Waals surface area (Å²) in [7, 11) is 0. The highest BCUT2D eigenvalue weighted by molar-refractivity contribution is 7.12. The first-order chi connectivity index (χ1) is 9.66. The first-order valence-electron chi connectivity index (χ1n) is 6.78. The summed E-state index contributed by atoms with van der Waals surface area (Å²) in [6, 6.07) is 3.56. The van der Waals surface area contributed by atoms with Crippen molar-refractivity contribution in [3.63, 3.8) is 0 Å². The Bertz CT molecular complexity index is 479. The van der Waals surface area contributed by atoms with Gasteiger partial charge >= 0.3 is 0 Å². The van der Waals surface area contributed by atoms with Crippen molar-refractivity contribution in [3.05, 3.63) is 22.4 Å². The van der Waals surface area contributed by atoms with E-state index >= 15 is 0 Å². The summed E-state index contributed by atoms with van der Waals surface area (Å²) in [5, 5.41) is 4.42. The van der Waals surface area contributed by atoms with Crippen molar-refractivity contribution in [1.29, 1.82) is 0 Å². The fourth-order valence-electron chi connectivity index (χ4n) is 2.13. The van der Waals surface area contributed by atoms with Gasteiger partial charge in [-0.3, -0.25) is 14.4 Å². The van der Waals surface area contributed by atoms with E-state index in [4.69, 9.17) is 0 Å². The maximum Gasteiger partial charge on any atom is 0.241 e. The van der Waals surface area contributed by atoms with Crippen LogP contribution in [-0.2, 0) is 9.59 Å². The van der Waals surface area contributed by atoms with E-state index in [1.54, 1.807) is 11.0 Å². The molecule has 0 spiro atoms. The van der Waals surface area contributed by atoms with Gasteiger partial charge in [-0.1, -0.05) is 6.07 Å². The van der Waals surface area contributed by atoms with Crippen LogP contribution in [0.3, 0.4) is 0 Å². The van der Waals surface area contributed by atoms with Crippen molar-refractivity contribution < 1.29 is 14.4 Å². The highest BCUT2D eigenvalue weighted by Gasteiger charge is 2.18. The molecule has 0 radical (unpaired) electrons. The Labute approximate surface area is 122 Å². The minimum Gasteiger partial charge on any atom is -0.347 e. The predicted octanol–water partition coefficient (Wildman–Crippen LogP) is 1.45. The van der Waals surface area contributed by atoms with Crippen LogP contribution in [0.2, 0.25) is 0 Å². The lowest BCUT2D eigenvalue weighted by Crippen LogP contribution is -2.38. The molecule has 0 unspecified atom stereocenters. The zero-order valence-electron chi connectivity index (χ0n) is 11.3. The first-order valence-corrected chi connectivity index (χ1v) is 7.66. The molecule has 2 heterocycles. The Kier molecular flexibility index (Phi) is 5.29. The minimum absolute atomic E-state index is 0.0268. The fourth-order valence-corrected chi connectivity index (χ4v) is 2.82. The fraction of sp³-hybridized carbons (Fsp3) is 0.500. The van der Waals surface area contributed by atoms with Crippen LogP contribution in [0.5, 0.6) is 0 Å². The molecule has 2 rings (SSSR count). The van der Waals surface area contributed by atoms with E-state index in [1.807, 2.05) is 11.4 Å². The number of hydrogen-bond donors (Lipinski definition) is 1. The molecule has 1 N–H and O–H groups in total. The van der Waals surface area contributed by atoms with Crippen LogP contribution in [0.1, 0.15) is 35.4 Å². The molecule has 1 fully saturated rings. The Balaban J connectivity index is 1.65. The van der Waals surface area contributed by atoms with Gasteiger partial charge in [0.25, 0.3) is 0 Å². The molecule has 20 heavy (non-hydrogen) atoms. The molecule has 2 amide bonds. The average molecular weight is 294 g/mol. The summed E-state index contributed by atoms with van der Waals surface area (Å²) >= 11 is 1.38. The van der Waals surface area contributed by atoms with E-state index in [0.29, 0.717) is 4.88 Å². The lowest BCUT2D eigenvalue weighted by Gasteiger charge is -2.15. The second kappa shape index (κ2) is 7.19. The van der Waals surface area contributed by atoms with Crippen molar-refractivity contribution in [3.8, 4) is 0 Å². The molecule has 1 aromatic heterocycles. The van der Waals surface area contributed by atoms with Gasteiger partial charge in [-0.25, -0.2) is 0 Å². The average Bonchev–Trinajstić information content (AvgIpc) is 3.14. The summed E-state index contributed by atoms with van der Waals surface area (Å²) in [6.45, 7) is 1.60. The molecule has 0 aliphatic carbocycles. The van der Waals surface area contributed by atoms with Crippen molar-refractivity contribution in [1.82, 2.24) is 10.2 Å². The maximum absolute atomic E-state index is 11.7. The van der Waals surface area contributed by atoms with E-state index in [0.717, 1.165) is 25.9 Å². The van der Waals surface area contributed by atoms with Crippen molar-refractivity contribution in [2.45, 2.75) is 25.7 Å². The summed E-state index contributed by atoms with van der Waals surface area (Å²) in [4.78, 5) is 37.5. The lowest BCUT2D eigenvalue weighted by molar-refractivity contribution is -0.132. The van der Waals surface area contributed by atoms with Crippen LogP contribution >= 0.6 is 11.3 Å². The van der Waals surface area contributed by atoms with Gasteiger partial charge in [-0.2, -0.15) is 0 Å². The SMILES string of the molecule is O=C(CCC(=O)c1cccs1)NCC(=O)N1CCCC1. The minimum atomic E-state index is -0.248. The van der Waals surface area contributed by atoms with Gasteiger partial charge in [-0.15, -0.1) is 11.3 Å². The molecule has 108 valence electrons. The standard InChI is InChI=1S/C14H18N2O3S/c17-11(12-4-3-9-20-12)5-6-13(18)15-10-14(19)16-7-1-2-8-16/h3-4,9H,1-2,5-8,10H2,(H,15,18). The topological polar surface area (TPSA) is 66.5 Å². The van der Waals surface area contributed by atoms with Crippen LogP contribution < -0.4 is 5.32 Å². The number of amides is 2. The lowest BCUT2D eigenvalue weighted by atomic mass is 10.2. The normalized spacial score (nSPS) is 14.3. The maximum atomic E-state index is 11.7. The predicted molar refractivity (Wildman–Crippen MR) is 76.7 cm³/mol. The molecule has 1 aliphatic rings. The second-order valence-electron chi connectivity index (χ2n) is 4.77. The van der Waals surface area contributed by atoms with Crippen LogP contribution in [0.25, 0.3) is 0 Å². The van der Waals surface area contributed by atoms with Crippen molar-refractivity contribution in [2.24, 2.45) is 0 Å². The van der Waals surface area contributed by atoms with Gasteiger partial charge < -0.3 is 10.2 Å². The van der Waals surface area contributed by atoms with E-state index in [-0.39, 0.29) is 37.0 Å². The van der Waals surface area contributed by atoms with E-state index in [2.05, 4.69) is 5.32 Å². The molecule has 1 aromatic rings. The highest BCUT2D eigenvalue weighted by atomic mass is 32.1. The number of ketones is 1. The number of likely N-dealkylation sites (tertiary alicyclic amines) is 1. The summed E-state index contributed by atoms with van der Waals surface area (Å²) < 4.78 is 0. The van der Waals surface area contributed by atoms with Gasteiger partial charge in [0.1, 0.15) is 0 Å². The zero-order chi connectivity index (χ0) is 14.4. The number of nitrogens with one attached hydrogen (secondary N) is 1. The Morgan fingerprint density at radius 3 is 2.60 bits per heavy atom. The van der Waals surface area contributed by atoms with Crippen LogP contribution in [0, 0.1) is 0 Å². The molecule has 6 heteroatoms. The van der Waals surface area contributed by atoms with Gasteiger partial charge in [0.2, 0.25) is 11.8 Å². The molecule has 0 saturated carbocycles. The van der Waals surface area contributed by atoms with Crippen LogP contribution in [-0.4, -0.2) is 42.1 Å². The molecular formula is C14H18N2O3S. The summed E-state index contributed by atoms with van der Waals surface area (Å²) in [5.74, 6) is -0.316. The van der Waals surface area contributed by atoms with E-state index in [1.165, 1.54) is 11.3 Å². The molecule has 1 aliphatic heterocycles. The Hall–Kier alpha value is -1.69. The monoisotopic (exact) mass is 294 g/mol. The second-order valence-corrected chi connectivity index (χ2v) is 5.71.